The van der Waals surface area contributed by atoms with Crippen molar-refractivity contribution < 1.29 is 21.9 Å². The van der Waals surface area contributed by atoms with E-state index in [2.05, 4.69) is 9.71 Å². The SMILES string of the molecule is COc1ccc(-c2cn3cccc(C)c3n2)cc1NS(=O)(=O)Cc1cc(F)cc(F)c1. The Morgan fingerprint density at radius 3 is 2.52 bits per heavy atom. The number of sulfonamides is 1. The number of halogens is 2. The zero-order chi connectivity index (χ0) is 22.2. The lowest BCUT2D eigenvalue weighted by Gasteiger charge is -2.13. The van der Waals surface area contributed by atoms with E-state index in [1.54, 1.807) is 18.2 Å². The molecule has 0 aliphatic heterocycles. The second-order valence-corrected chi connectivity index (χ2v) is 8.82. The van der Waals surface area contributed by atoms with Crippen LogP contribution in [0.15, 0.2) is 60.9 Å². The summed E-state index contributed by atoms with van der Waals surface area (Å²) >= 11 is 0. The molecule has 0 unspecified atom stereocenters. The molecular weight excluding hydrogens is 424 g/mol. The number of pyridine rings is 1. The third kappa shape index (κ3) is 4.51. The molecule has 31 heavy (non-hydrogen) atoms. The first-order chi connectivity index (χ1) is 14.7. The third-order valence-electron chi connectivity index (χ3n) is 4.72. The average molecular weight is 443 g/mol. The molecule has 0 bridgehead atoms. The van der Waals surface area contributed by atoms with E-state index < -0.39 is 27.4 Å². The van der Waals surface area contributed by atoms with Crippen molar-refractivity contribution in [3.05, 3.63) is 83.7 Å². The Balaban J connectivity index is 1.67. The lowest BCUT2D eigenvalue weighted by atomic mass is 10.1. The van der Waals surface area contributed by atoms with Gasteiger partial charge in [0.25, 0.3) is 0 Å². The highest BCUT2D eigenvalue weighted by molar-refractivity contribution is 7.91. The van der Waals surface area contributed by atoms with E-state index in [1.165, 1.54) is 7.11 Å². The van der Waals surface area contributed by atoms with Crippen molar-refractivity contribution >= 4 is 21.4 Å². The number of imidazole rings is 1. The van der Waals surface area contributed by atoms with Gasteiger partial charge in [-0.3, -0.25) is 4.72 Å². The molecule has 1 N–H and O–H groups in total. The number of benzene rings is 2. The van der Waals surface area contributed by atoms with Crippen molar-refractivity contribution in [1.82, 2.24) is 9.38 Å². The van der Waals surface area contributed by atoms with E-state index in [0.717, 1.165) is 23.3 Å². The first kappa shape index (κ1) is 20.8. The molecule has 0 spiro atoms. The second-order valence-electron chi connectivity index (χ2n) is 7.10. The molecule has 4 aromatic rings. The summed E-state index contributed by atoms with van der Waals surface area (Å²) in [5, 5.41) is 0. The van der Waals surface area contributed by atoms with Gasteiger partial charge in [-0.2, -0.15) is 0 Å². The lowest BCUT2D eigenvalue weighted by molar-refractivity contribution is 0.417. The van der Waals surface area contributed by atoms with Crippen LogP contribution < -0.4 is 9.46 Å². The molecular formula is C22H19F2N3O3S. The predicted molar refractivity (Wildman–Crippen MR) is 115 cm³/mol. The van der Waals surface area contributed by atoms with Gasteiger partial charge in [-0.05, 0) is 54.4 Å². The van der Waals surface area contributed by atoms with Crippen molar-refractivity contribution in [3.63, 3.8) is 0 Å². The van der Waals surface area contributed by atoms with Crippen molar-refractivity contribution in [2.75, 3.05) is 11.8 Å². The molecule has 4 rings (SSSR count). The highest BCUT2D eigenvalue weighted by Crippen LogP contribution is 2.32. The molecule has 2 aromatic carbocycles. The van der Waals surface area contributed by atoms with Crippen molar-refractivity contribution in [1.29, 1.82) is 0 Å². The van der Waals surface area contributed by atoms with Crippen LogP contribution in [0, 0.1) is 18.6 Å². The first-order valence-corrected chi connectivity index (χ1v) is 11.0. The number of nitrogens with zero attached hydrogens (tertiary/aromatic N) is 2. The Kier molecular flexibility index (Phi) is 5.36. The Labute approximate surface area is 178 Å². The minimum Gasteiger partial charge on any atom is -0.495 e. The highest BCUT2D eigenvalue weighted by atomic mass is 32.2. The van der Waals surface area contributed by atoms with Crippen LogP contribution in [0.4, 0.5) is 14.5 Å². The Bertz CT molecular complexity index is 1360. The van der Waals surface area contributed by atoms with Crippen LogP contribution in [0.5, 0.6) is 5.75 Å². The van der Waals surface area contributed by atoms with E-state index in [0.29, 0.717) is 23.1 Å². The largest absolute Gasteiger partial charge is 0.495 e. The Hall–Kier alpha value is -3.46. The van der Waals surface area contributed by atoms with Crippen molar-refractivity contribution in [2.45, 2.75) is 12.7 Å². The number of hydrogen-bond acceptors (Lipinski definition) is 4. The second kappa shape index (κ2) is 7.99. The zero-order valence-corrected chi connectivity index (χ0v) is 17.6. The summed E-state index contributed by atoms with van der Waals surface area (Å²) in [6.07, 6.45) is 3.72. The molecule has 0 radical (unpaired) electrons. The van der Waals surface area contributed by atoms with Crippen LogP contribution in [0.25, 0.3) is 16.9 Å². The fourth-order valence-corrected chi connectivity index (χ4v) is 4.53. The molecule has 9 heteroatoms. The maximum atomic E-state index is 13.4. The molecule has 0 saturated carbocycles. The first-order valence-electron chi connectivity index (χ1n) is 9.32. The number of hydrogen-bond donors (Lipinski definition) is 1. The van der Waals surface area contributed by atoms with Crippen molar-refractivity contribution in [2.24, 2.45) is 0 Å². The van der Waals surface area contributed by atoms with E-state index in [9.17, 15) is 17.2 Å². The van der Waals surface area contributed by atoms with Gasteiger partial charge in [0.15, 0.2) is 0 Å². The van der Waals surface area contributed by atoms with E-state index in [-0.39, 0.29) is 11.3 Å². The van der Waals surface area contributed by atoms with Crippen LogP contribution in [-0.2, 0) is 15.8 Å². The van der Waals surface area contributed by atoms with Gasteiger partial charge in [0.05, 0.1) is 24.2 Å². The summed E-state index contributed by atoms with van der Waals surface area (Å²) in [7, 11) is -2.55. The number of ether oxygens (including phenoxy) is 1. The van der Waals surface area contributed by atoms with E-state index >= 15 is 0 Å². The molecule has 0 atom stereocenters. The van der Waals surface area contributed by atoms with Gasteiger partial charge in [-0.25, -0.2) is 22.2 Å². The molecule has 6 nitrogen and oxygen atoms in total. The number of aromatic nitrogens is 2. The van der Waals surface area contributed by atoms with Gasteiger partial charge in [0.1, 0.15) is 23.0 Å². The van der Waals surface area contributed by atoms with Crippen LogP contribution in [0.3, 0.4) is 0 Å². The van der Waals surface area contributed by atoms with Gasteiger partial charge < -0.3 is 9.14 Å². The smallest absolute Gasteiger partial charge is 0.237 e. The molecule has 0 aliphatic rings. The molecule has 0 fully saturated rings. The number of anilines is 1. The lowest BCUT2D eigenvalue weighted by Crippen LogP contribution is -2.16. The maximum Gasteiger partial charge on any atom is 0.237 e. The van der Waals surface area contributed by atoms with Crippen LogP contribution in [0.2, 0.25) is 0 Å². The Morgan fingerprint density at radius 2 is 1.84 bits per heavy atom. The number of aryl methyl sites for hydroxylation is 1. The molecule has 2 heterocycles. The fraction of sp³-hybridized carbons (Fsp3) is 0.136. The van der Waals surface area contributed by atoms with Gasteiger partial charge >= 0.3 is 0 Å². The topological polar surface area (TPSA) is 72.7 Å². The summed E-state index contributed by atoms with van der Waals surface area (Å²) in [5.74, 6) is -1.97. The molecule has 0 amide bonds. The van der Waals surface area contributed by atoms with E-state index in [4.69, 9.17) is 4.74 Å². The molecule has 0 saturated heterocycles. The minimum absolute atomic E-state index is 0.00375. The summed E-state index contributed by atoms with van der Waals surface area (Å²) in [4.78, 5) is 4.62. The highest BCUT2D eigenvalue weighted by Gasteiger charge is 2.17. The van der Waals surface area contributed by atoms with Gasteiger partial charge in [-0.15, -0.1) is 0 Å². The van der Waals surface area contributed by atoms with Gasteiger partial charge in [-0.1, -0.05) is 6.07 Å². The normalized spacial score (nSPS) is 11.6. The number of fused-ring (bicyclic) bond motifs is 1. The van der Waals surface area contributed by atoms with Crippen molar-refractivity contribution in [3.8, 4) is 17.0 Å². The third-order valence-corrected chi connectivity index (χ3v) is 5.96. The standard InChI is InChI=1S/C22H19F2N3O3S/c1-14-4-3-7-27-12-20(25-22(14)27)16-5-6-21(30-2)19(10-16)26-31(28,29)13-15-8-17(23)11-18(24)9-15/h3-12,26H,13H2,1-2H3. The van der Waals surface area contributed by atoms with Crippen LogP contribution in [0.1, 0.15) is 11.1 Å². The van der Waals surface area contributed by atoms with E-state index in [1.807, 2.05) is 35.9 Å². The van der Waals surface area contributed by atoms with Crippen LogP contribution in [-0.4, -0.2) is 24.9 Å². The average Bonchev–Trinajstić information content (AvgIpc) is 3.12. The summed E-state index contributed by atoms with van der Waals surface area (Å²) in [5.41, 5.74) is 3.33. The predicted octanol–water partition coefficient (Wildman–Crippen LogP) is 4.54. The number of nitrogens with one attached hydrogen (secondary N) is 1. The monoisotopic (exact) mass is 443 g/mol. The molecule has 2 aromatic heterocycles. The van der Waals surface area contributed by atoms with Crippen LogP contribution >= 0.6 is 0 Å². The number of rotatable bonds is 6. The van der Waals surface area contributed by atoms with Gasteiger partial charge in [0, 0.05) is 24.0 Å². The minimum atomic E-state index is -3.97. The molecule has 160 valence electrons. The quantitative estimate of drug-likeness (QED) is 0.475. The maximum absolute atomic E-state index is 13.4. The Morgan fingerprint density at radius 1 is 1.10 bits per heavy atom. The molecule has 0 aliphatic carbocycles. The summed E-state index contributed by atoms with van der Waals surface area (Å²) in [6, 6.07) is 11.5. The number of methoxy groups -OCH3 is 1. The fourth-order valence-electron chi connectivity index (χ4n) is 3.36. The van der Waals surface area contributed by atoms with Gasteiger partial charge in [0.2, 0.25) is 10.0 Å². The summed E-state index contributed by atoms with van der Waals surface area (Å²) < 4.78 is 61.8. The zero-order valence-electron chi connectivity index (χ0n) is 16.8. The summed E-state index contributed by atoms with van der Waals surface area (Å²) in [6.45, 7) is 1.95.